The second-order valence-electron chi connectivity index (χ2n) is 5.58. The number of carboxylic acids is 1. The minimum atomic E-state index is -1.08. The first kappa shape index (κ1) is 18.7. The molecule has 1 unspecified atom stereocenters. The van der Waals surface area contributed by atoms with Crippen LogP contribution in [0.3, 0.4) is 0 Å². The summed E-state index contributed by atoms with van der Waals surface area (Å²) in [5.41, 5.74) is 1.44. The molecule has 0 saturated carbocycles. The third-order valence-electron chi connectivity index (χ3n) is 3.46. The zero-order valence-electron chi connectivity index (χ0n) is 13.6. The van der Waals surface area contributed by atoms with E-state index in [9.17, 15) is 14.4 Å². The van der Waals surface area contributed by atoms with Crippen molar-refractivity contribution in [2.24, 2.45) is 5.92 Å². The van der Waals surface area contributed by atoms with Crippen LogP contribution < -0.4 is 10.6 Å². The van der Waals surface area contributed by atoms with Crippen molar-refractivity contribution >= 4 is 23.5 Å². The van der Waals surface area contributed by atoms with Crippen LogP contribution in [0.5, 0.6) is 0 Å². The molecule has 6 heteroatoms. The molecule has 3 N–H and O–H groups in total. The molecule has 0 radical (unpaired) electrons. The molecule has 0 fully saturated rings. The highest BCUT2D eigenvalue weighted by Crippen LogP contribution is 2.14. The van der Waals surface area contributed by atoms with E-state index < -0.39 is 5.97 Å². The molecule has 0 aliphatic heterocycles. The van der Waals surface area contributed by atoms with E-state index in [0.717, 1.165) is 24.8 Å². The Balaban J connectivity index is 2.48. The molecule has 1 rings (SSSR count). The minimum absolute atomic E-state index is 0.00889. The molecule has 0 aliphatic carbocycles. The summed E-state index contributed by atoms with van der Waals surface area (Å²) in [4.78, 5) is 33.9. The predicted octanol–water partition coefficient (Wildman–Crippen LogP) is 2.19. The Labute approximate surface area is 136 Å². The van der Waals surface area contributed by atoms with Crippen LogP contribution in [0.25, 0.3) is 0 Å². The summed E-state index contributed by atoms with van der Waals surface area (Å²) in [7, 11) is 0. The third kappa shape index (κ3) is 7.44. The van der Waals surface area contributed by atoms with Crippen molar-refractivity contribution in [1.82, 2.24) is 5.32 Å². The highest BCUT2D eigenvalue weighted by molar-refractivity contribution is 5.92. The van der Waals surface area contributed by atoms with Gasteiger partial charge in [-0.3, -0.25) is 14.4 Å². The van der Waals surface area contributed by atoms with Crippen molar-refractivity contribution in [2.45, 2.75) is 39.5 Å². The number of unbranched alkanes of at least 4 members (excludes halogenated alkanes) is 1. The monoisotopic (exact) mass is 320 g/mol. The summed E-state index contributed by atoms with van der Waals surface area (Å²) in [5.74, 6) is -1.46. The summed E-state index contributed by atoms with van der Waals surface area (Å²) >= 11 is 0. The molecular formula is C17H24N2O4. The van der Waals surface area contributed by atoms with E-state index >= 15 is 0 Å². The summed E-state index contributed by atoms with van der Waals surface area (Å²) < 4.78 is 0. The van der Waals surface area contributed by atoms with E-state index in [-0.39, 0.29) is 30.7 Å². The summed E-state index contributed by atoms with van der Waals surface area (Å²) in [6.07, 6.45) is 3.06. The number of hydrogen-bond acceptors (Lipinski definition) is 3. The standard InChI is InChI=1S/C17H24N2O4/c1-3-4-5-12(2)17(23)19-14-8-6-13(7-9-14)10-15(20)18-11-16(21)22/h6-9,12H,3-5,10-11H2,1-2H3,(H,18,20)(H,19,23)(H,21,22). The molecule has 0 bridgehead atoms. The van der Waals surface area contributed by atoms with Crippen molar-refractivity contribution in [1.29, 1.82) is 0 Å². The van der Waals surface area contributed by atoms with E-state index in [2.05, 4.69) is 17.6 Å². The quantitative estimate of drug-likeness (QED) is 0.650. The van der Waals surface area contributed by atoms with Crippen LogP contribution in [-0.2, 0) is 20.8 Å². The molecule has 1 atom stereocenters. The average molecular weight is 320 g/mol. The zero-order chi connectivity index (χ0) is 17.2. The lowest BCUT2D eigenvalue weighted by Crippen LogP contribution is -2.30. The Morgan fingerprint density at radius 3 is 2.39 bits per heavy atom. The van der Waals surface area contributed by atoms with E-state index in [1.54, 1.807) is 24.3 Å². The van der Waals surface area contributed by atoms with Gasteiger partial charge in [0.05, 0.1) is 6.42 Å². The van der Waals surface area contributed by atoms with Crippen molar-refractivity contribution in [3.63, 3.8) is 0 Å². The highest BCUT2D eigenvalue weighted by atomic mass is 16.4. The first-order valence-electron chi connectivity index (χ1n) is 7.80. The maximum Gasteiger partial charge on any atom is 0.322 e. The molecule has 0 heterocycles. The van der Waals surface area contributed by atoms with Gasteiger partial charge in [-0.2, -0.15) is 0 Å². The molecule has 0 aromatic heterocycles. The number of carboxylic acid groups (broad SMARTS) is 1. The van der Waals surface area contributed by atoms with Gasteiger partial charge < -0.3 is 15.7 Å². The molecule has 23 heavy (non-hydrogen) atoms. The van der Waals surface area contributed by atoms with Crippen molar-refractivity contribution < 1.29 is 19.5 Å². The van der Waals surface area contributed by atoms with Crippen LogP contribution in [0, 0.1) is 5.92 Å². The predicted molar refractivity (Wildman–Crippen MR) is 88.1 cm³/mol. The highest BCUT2D eigenvalue weighted by Gasteiger charge is 2.12. The van der Waals surface area contributed by atoms with Gasteiger partial charge in [0.1, 0.15) is 6.54 Å². The molecule has 0 saturated heterocycles. The minimum Gasteiger partial charge on any atom is -0.480 e. The average Bonchev–Trinajstić information content (AvgIpc) is 2.52. The van der Waals surface area contributed by atoms with Crippen LogP contribution >= 0.6 is 0 Å². The van der Waals surface area contributed by atoms with Crippen molar-refractivity contribution in [2.75, 3.05) is 11.9 Å². The summed E-state index contributed by atoms with van der Waals surface area (Å²) in [5, 5.41) is 13.7. The lowest BCUT2D eigenvalue weighted by Gasteiger charge is -2.12. The zero-order valence-corrected chi connectivity index (χ0v) is 13.6. The van der Waals surface area contributed by atoms with Gasteiger partial charge in [0.25, 0.3) is 0 Å². The number of benzene rings is 1. The number of amides is 2. The van der Waals surface area contributed by atoms with Gasteiger partial charge in [0.2, 0.25) is 11.8 Å². The van der Waals surface area contributed by atoms with E-state index in [0.29, 0.717) is 5.69 Å². The second-order valence-corrected chi connectivity index (χ2v) is 5.58. The number of nitrogens with one attached hydrogen (secondary N) is 2. The lowest BCUT2D eigenvalue weighted by molar-refractivity contribution is -0.137. The summed E-state index contributed by atoms with van der Waals surface area (Å²) in [6, 6.07) is 6.97. The first-order chi connectivity index (χ1) is 10.9. The van der Waals surface area contributed by atoms with E-state index in [1.807, 2.05) is 6.92 Å². The number of rotatable bonds is 9. The molecule has 1 aromatic rings. The van der Waals surface area contributed by atoms with Gasteiger partial charge >= 0.3 is 5.97 Å². The molecule has 6 nitrogen and oxygen atoms in total. The Kier molecular flexibility index (Phi) is 7.80. The number of hydrogen-bond donors (Lipinski definition) is 3. The van der Waals surface area contributed by atoms with Crippen LogP contribution in [-0.4, -0.2) is 29.4 Å². The Bertz CT molecular complexity index is 540. The largest absolute Gasteiger partial charge is 0.480 e. The number of carbonyl (C=O) groups excluding carboxylic acids is 2. The fourth-order valence-corrected chi connectivity index (χ4v) is 2.03. The maximum atomic E-state index is 12.0. The Hall–Kier alpha value is -2.37. The van der Waals surface area contributed by atoms with Crippen molar-refractivity contribution in [3.05, 3.63) is 29.8 Å². The van der Waals surface area contributed by atoms with Gasteiger partial charge in [0.15, 0.2) is 0 Å². The normalized spacial score (nSPS) is 11.6. The molecule has 0 aliphatic rings. The molecule has 2 amide bonds. The Morgan fingerprint density at radius 1 is 1.17 bits per heavy atom. The number of aliphatic carboxylic acids is 1. The molecule has 0 spiro atoms. The summed E-state index contributed by atoms with van der Waals surface area (Å²) in [6.45, 7) is 3.62. The third-order valence-corrected chi connectivity index (χ3v) is 3.46. The molecule has 1 aromatic carbocycles. The van der Waals surface area contributed by atoms with Crippen LogP contribution in [0.2, 0.25) is 0 Å². The van der Waals surface area contributed by atoms with Crippen LogP contribution in [0.15, 0.2) is 24.3 Å². The second kappa shape index (κ2) is 9.61. The number of anilines is 1. The maximum absolute atomic E-state index is 12.0. The van der Waals surface area contributed by atoms with Gasteiger partial charge in [0, 0.05) is 11.6 Å². The van der Waals surface area contributed by atoms with E-state index in [4.69, 9.17) is 5.11 Å². The van der Waals surface area contributed by atoms with Gasteiger partial charge in [-0.25, -0.2) is 0 Å². The van der Waals surface area contributed by atoms with Gasteiger partial charge in [-0.15, -0.1) is 0 Å². The van der Waals surface area contributed by atoms with Gasteiger partial charge in [-0.05, 0) is 24.1 Å². The fourth-order valence-electron chi connectivity index (χ4n) is 2.03. The Morgan fingerprint density at radius 2 is 1.83 bits per heavy atom. The van der Waals surface area contributed by atoms with Crippen LogP contribution in [0.4, 0.5) is 5.69 Å². The van der Waals surface area contributed by atoms with Crippen molar-refractivity contribution in [3.8, 4) is 0 Å². The van der Waals surface area contributed by atoms with Gasteiger partial charge in [-0.1, -0.05) is 38.8 Å². The smallest absolute Gasteiger partial charge is 0.322 e. The van der Waals surface area contributed by atoms with Crippen LogP contribution in [0.1, 0.15) is 38.7 Å². The molecule has 126 valence electrons. The fraction of sp³-hybridized carbons (Fsp3) is 0.471. The first-order valence-corrected chi connectivity index (χ1v) is 7.80. The lowest BCUT2D eigenvalue weighted by atomic mass is 10.0. The molecular weight excluding hydrogens is 296 g/mol. The topological polar surface area (TPSA) is 95.5 Å². The van der Waals surface area contributed by atoms with E-state index in [1.165, 1.54) is 0 Å². The number of carbonyl (C=O) groups is 3. The SMILES string of the molecule is CCCCC(C)C(=O)Nc1ccc(CC(=O)NCC(=O)O)cc1.